The number of hydrogen-bond donors (Lipinski definition) is 1. The van der Waals surface area contributed by atoms with Crippen molar-refractivity contribution in [3.63, 3.8) is 0 Å². The van der Waals surface area contributed by atoms with Gasteiger partial charge in [-0.05, 0) is 25.2 Å². The number of likely N-dealkylation sites (N-methyl/N-ethyl adjacent to an activating group) is 1. The first-order valence-corrected chi connectivity index (χ1v) is 11.0. The molecule has 1 amide bonds. The molecule has 1 spiro atoms. The van der Waals surface area contributed by atoms with Crippen LogP contribution in [0.2, 0.25) is 5.02 Å². The number of carbonyl (C=O) groups excluding carboxylic acids is 1. The maximum absolute atomic E-state index is 13.3. The number of benzene rings is 3. The number of ether oxygens (including phenoxy) is 1. The average Bonchev–Trinajstić information content (AvgIpc) is 3.28. The normalized spacial score (nSPS) is 24.0. The number of nitrogens with zero attached hydrogens (tertiary/aromatic N) is 2. The Kier molecular flexibility index (Phi) is 5.31. The summed E-state index contributed by atoms with van der Waals surface area (Å²) in [6.45, 7) is 0.566. The molecule has 0 bridgehead atoms. The van der Waals surface area contributed by atoms with Crippen LogP contribution < -0.4 is 10.1 Å². The summed E-state index contributed by atoms with van der Waals surface area (Å²) < 4.78 is 6.10. The van der Waals surface area contributed by atoms with Gasteiger partial charge in [0.05, 0.1) is 5.92 Å². The molecule has 33 heavy (non-hydrogen) atoms. The van der Waals surface area contributed by atoms with Crippen molar-refractivity contribution in [3.05, 3.63) is 105 Å². The van der Waals surface area contributed by atoms with E-state index in [-0.39, 0.29) is 17.4 Å². The van der Waals surface area contributed by atoms with Gasteiger partial charge in [-0.25, -0.2) is 0 Å². The average molecular weight is 464 g/mol. The van der Waals surface area contributed by atoms with Crippen LogP contribution in [-0.2, 0) is 16.9 Å². The van der Waals surface area contributed by atoms with Crippen LogP contribution >= 0.6 is 11.6 Å². The van der Waals surface area contributed by atoms with Crippen molar-refractivity contribution in [2.75, 3.05) is 18.9 Å². The van der Waals surface area contributed by atoms with E-state index in [2.05, 4.69) is 5.32 Å². The lowest BCUT2D eigenvalue weighted by Gasteiger charge is -2.30. The van der Waals surface area contributed by atoms with Crippen molar-refractivity contribution in [2.24, 2.45) is 0 Å². The van der Waals surface area contributed by atoms with Gasteiger partial charge in [-0.1, -0.05) is 66.2 Å². The van der Waals surface area contributed by atoms with Gasteiger partial charge < -0.3 is 10.1 Å². The number of para-hydroxylation sites is 2. The number of halogens is 1. The second kappa shape index (κ2) is 8.17. The zero-order chi connectivity index (χ0) is 23.2. The molecule has 0 saturated carbocycles. The quantitative estimate of drug-likeness (QED) is 0.446. The molecule has 5 rings (SSSR count). The lowest BCUT2D eigenvalue weighted by atomic mass is 9.79. The SMILES string of the molecule is CN1C[C@H](c2ccccc2OCc2ccccc2Cl)[C@H]([N+](=O)[O-])[C@@]12C(=O)Nc1ccccc12. The molecule has 2 heterocycles. The highest BCUT2D eigenvalue weighted by atomic mass is 35.5. The molecular formula is C25H22ClN3O4. The second-order valence-corrected chi connectivity index (χ2v) is 8.81. The Morgan fingerprint density at radius 2 is 1.82 bits per heavy atom. The van der Waals surface area contributed by atoms with Crippen molar-refractivity contribution < 1.29 is 14.5 Å². The standard InChI is InChI=1S/C25H22ClN3O4/c1-28-14-18(17-9-3-7-13-22(17)33-15-16-8-2-5-11-20(16)26)23(29(31)32)25(28)19-10-4-6-12-21(19)27-24(25)30/h2-13,18,23H,14-15H2,1H3,(H,27,30)/t18-,23+,25+/m1/s1. The molecule has 0 aliphatic carbocycles. The summed E-state index contributed by atoms with van der Waals surface area (Å²) in [6.07, 6.45) is 0. The highest BCUT2D eigenvalue weighted by molar-refractivity contribution is 6.31. The van der Waals surface area contributed by atoms with Crippen molar-refractivity contribution in [1.82, 2.24) is 4.90 Å². The third-order valence-corrected chi connectivity index (χ3v) is 7.07. The summed E-state index contributed by atoms with van der Waals surface area (Å²) in [5.74, 6) is -0.374. The van der Waals surface area contributed by atoms with Gasteiger partial charge in [0.15, 0.2) is 5.54 Å². The summed E-state index contributed by atoms with van der Waals surface area (Å²) in [5.41, 5.74) is 1.39. The maximum Gasteiger partial charge on any atom is 0.256 e. The summed E-state index contributed by atoms with van der Waals surface area (Å²) >= 11 is 6.27. The Morgan fingerprint density at radius 3 is 2.61 bits per heavy atom. The van der Waals surface area contributed by atoms with Crippen LogP contribution in [-0.4, -0.2) is 35.4 Å². The summed E-state index contributed by atoms with van der Waals surface area (Å²) in [7, 11) is 1.77. The molecule has 3 atom stereocenters. The molecule has 0 unspecified atom stereocenters. The Hall–Kier alpha value is -3.42. The van der Waals surface area contributed by atoms with Gasteiger partial charge in [0.1, 0.15) is 12.4 Å². The second-order valence-electron chi connectivity index (χ2n) is 8.40. The largest absolute Gasteiger partial charge is 0.489 e. The number of likely N-dealkylation sites (tertiary alicyclic amines) is 1. The Bertz CT molecular complexity index is 1250. The number of nitro groups is 1. The fraction of sp³-hybridized carbons (Fsp3) is 0.240. The van der Waals surface area contributed by atoms with E-state index in [0.717, 1.165) is 5.56 Å². The van der Waals surface area contributed by atoms with Gasteiger partial charge in [0, 0.05) is 38.9 Å². The van der Waals surface area contributed by atoms with Crippen LogP contribution in [0.4, 0.5) is 5.69 Å². The van der Waals surface area contributed by atoms with Crippen molar-refractivity contribution in [2.45, 2.75) is 24.1 Å². The number of anilines is 1. The van der Waals surface area contributed by atoms with E-state index in [0.29, 0.717) is 34.1 Å². The van der Waals surface area contributed by atoms with E-state index in [1.807, 2.05) is 42.5 Å². The van der Waals surface area contributed by atoms with E-state index in [9.17, 15) is 14.9 Å². The third kappa shape index (κ3) is 3.27. The minimum Gasteiger partial charge on any atom is -0.489 e. The minimum absolute atomic E-state index is 0.233. The lowest BCUT2D eigenvalue weighted by Crippen LogP contribution is -2.54. The Morgan fingerprint density at radius 1 is 1.12 bits per heavy atom. The third-order valence-electron chi connectivity index (χ3n) is 6.70. The van der Waals surface area contributed by atoms with E-state index in [1.165, 1.54) is 0 Å². The predicted octanol–water partition coefficient (Wildman–Crippen LogP) is 4.44. The molecule has 1 fully saturated rings. The Balaban J connectivity index is 1.55. The molecular weight excluding hydrogens is 442 g/mol. The summed E-state index contributed by atoms with van der Waals surface area (Å²) in [5, 5.41) is 16.0. The lowest BCUT2D eigenvalue weighted by molar-refractivity contribution is -0.534. The smallest absolute Gasteiger partial charge is 0.256 e. The van der Waals surface area contributed by atoms with Crippen LogP contribution in [0, 0.1) is 10.1 Å². The van der Waals surface area contributed by atoms with Gasteiger partial charge in [-0.3, -0.25) is 19.8 Å². The molecule has 8 heteroatoms. The van der Waals surface area contributed by atoms with Crippen molar-refractivity contribution in [1.29, 1.82) is 0 Å². The van der Waals surface area contributed by atoms with Crippen LogP contribution in [0.3, 0.4) is 0 Å². The van der Waals surface area contributed by atoms with Crippen LogP contribution in [0.15, 0.2) is 72.8 Å². The minimum atomic E-state index is -1.39. The Labute approximate surface area is 196 Å². The van der Waals surface area contributed by atoms with Gasteiger partial charge in [-0.2, -0.15) is 0 Å². The number of rotatable bonds is 5. The first-order valence-electron chi connectivity index (χ1n) is 10.7. The van der Waals surface area contributed by atoms with E-state index < -0.39 is 17.5 Å². The van der Waals surface area contributed by atoms with E-state index in [4.69, 9.17) is 16.3 Å². The zero-order valence-corrected chi connectivity index (χ0v) is 18.7. The summed E-state index contributed by atoms with van der Waals surface area (Å²) in [6, 6.07) is 20.7. The maximum atomic E-state index is 13.3. The molecule has 2 aliphatic heterocycles. The molecule has 168 valence electrons. The molecule has 0 aromatic heterocycles. The van der Waals surface area contributed by atoms with E-state index >= 15 is 0 Å². The first-order chi connectivity index (χ1) is 15.9. The zero-order valence-electron chi connectivity index (χ0n) is 17.9. The molecule has 1 saturated heterocycles. The molecule has 3 aromatic carbocycles. The molecule has 0 radical (unpaired) electrons. The van der Waals surface area contributed by atoms with E-state index in [1.54, 1.807) is 42.3 Å². The topological polar surface area (TPSA) is 84.7 Å². The fourth-order valence-electron chi connectivity index (χ4n) is 5.25. The van der Waals surface area contributed by atoms with Gasteiger partial charge in [-0.15, -0.1) is 0 Å². The predicted molar refractivity (Wildman–Crippen MR) is 125 cm³/mol. The fourth-order valence-corrected chi connectivity index (χ4v) is 5.44. The first kappa shape index (κ1) is 21.4. The number of carbonyl (C=O) groups is 1. The highest BCUT2D eigenvalue weighted by Crippen LogP contribution is 2.52. The number of fused-ring (bicyclic) bond motifs is 2. The number of amides is 1. The number of hydrogen-bond acceptors (Lipinski definition) is 5. The van der Waals surface area contributed by atoms with Gasteiger partial charge in [0.2, 0.25) is 0 Å². The van der Waals surface area contributed by atoms with Crippen LogP contribution in [0.1, 0.15) is 22.6 Å². The molecule has 2 aliphatic rings. The molecule has 7 nitrogen and oxygen atoms in total. The monoisotopic (exact) mass is 463 g/mol. The van der Waals surface area contributed by atoms with Crippen LogP contribution in [0.25, 0.3) is 0 Å². The number of nitrogens with one attached hydrogen (secondary N) is 1. The van der Waals surface area contributed by atoms with Gasteiger partial charge in [0.25, 0.3) is 11.9 Å². The highest BCUT2D eigenvalue weighted by Gasteiger charge is 2.68. The van der Waals surface area contributed by atoms with Crippen molar-refractivity contribution >= 4 is 23.2 Å². The molecule has 1 N–H and O–H groups in total. The van der Waals surface area contributed by atoms with Gasteiger partial charge >= 0.3 is 0 Å². The molecule has 3 aromatic rings. The summed E-state index contributed by atoms with van der Waals surface area (Å²) in [4.78, 5) is 27.3. The van der Waals surface area contributed by atoms with Crippen LogP contribution in [0.5, 0.6) is 5.75 Å². The van der Waals surface area contributed by atoms with Crippen molar-refractivity contribution in [3.8, 4) is 5.75 Å².